The number of rotatable bonds is 3. The molecule has 4 nitrogen and oxygen atoms in total. The number of nitrogens with one attached hydrogen (secondary N) is 1. The first-order valence-electron chi connectivity index (χ1n) is 6.87. The molecule has 2 N–H and O–H groups in total. The maximum Gasteiger partial charge on any atom is 0.304 e. The number of carbonyl (C=O) groups is 1. The summed E-state index contributed by atoms with van der Waals surface area (Å²) in [6.07, 6.45) is 6.75. The van der Waals surface area contributed by atoms with Crippen molar-refractivity contribution < 1.29 is 9.90 Å². The topological polar surface area (TPSA) is 52.6 Å². The average molecular weight is 240 g/mol. The molecule has 17 heavy (non-hydrogen) atoms. The van der Waals surface area contributed by atoms with Crippen LogP contribution in [0.2, 0.25) is 0 Å². The van der Waals surface area contributed by atoms with E-state index >= 15 is 0 Å². The van der Waals surface area contributed by atoms with Crippen molar-refractivity contribution in [1.82, 2.24) is 10.2 Å². The summed E-state index contributed by atoms with van der Waals surface area (Å²) in [7, 11) is 0. The molecule has 0 radical (unpaired) electrons. The van der Waals surface area contributed by atoms with Gasteiger partial charge in [0.15, 0.2) is 0 Å². The second kappa shape index (κ2) is 5.83. The van der Waals surface area contributed by atoms with Gasteiger partial charge in [-0.25, -0.2) is 0 Å². The van der Waals surface area contributed by atoms with Crippen molar-refractivity contribution in [3.8, 4) is 0 Å². The molecule has 0 aromatic heterocycles. The van der Waals surface area contributed by atoms with Crippen LogP contribution in [0.5, 0.6) is 0 Å². The van der Waals surface area contributed by atoms with Crippen molar-refractivity contribution in [2.24, 2.45) is 0 Å². The second-order valence-electron chi connectivity index (χ2n) is 5.55. The van der Waals surface area contributed by atoms with E-state index in [4.69, 9.17) is 5.11 Å². The molecule has 2 atom stereocenters. The van der Waals surface area contributed by atoms with Gasteiger partial charge in [0, 0.05) is 31.2 Å². The van der Waals surface area contributed by atoms with E-state index in [9.17, 15) is 4.79 Å². The number of carboxylic acids is 1. The Labute approximate surface area is 103 Å². The quantitative estimate of drug-likeness (QED) is 0.784. The lowest BCUT2D eigenvalue weighted by Gasteiger charge is -2.44. The summed E-state index contributed by atoms with van der Waals surface area (Å²) in [6.45, 7) is 4.01. The van der Waals surface area contributed by atoms with Gasteiger partial charge in [-0.2, -0.15) is 0 Å². The summed E-state index contributed by atoms with van der Waals surface area (Å²) in [6, 6.07) is 1.30. The Kier molecular flexibility index (Phi) is 4.40. The van der Waals surface area contributed by atoms with Gasteiger partial charge in [-0.05, 0) is 19.8 Å². The van der Waals surface area contributed by atoms with E-state index < -0.39 is 5.97 Å². The molecule has 1 saturated carbocycles. The highest BCUT2D eigenvalue weighted by atomic mass is 16.4. The zero-order chi connectivity index (χ0) is 12.3. The van der Waals surface area contributed by atoms with Crippen molar-refractivity contribution in [3.05, 3.63) is 0 Å². The van der Waals surface area contributed by atoms with Gasteiger partial charge >= 0.3 is 5.97 Å². The first-order valence-corrected chi connectivity index (χ1v) is 6.87. The predicted octanol–water partition coefficient (Wildman–Crippen LogP) is 1.46. The Morgan fingerprint density at radius 3 is 2.71 bits per heavy atom. The monoisotopic (exact) mass is 240 g/mol. The van der Waals surface area contributed by atoms with E-state index in [0.29, 0.717) is 12.1 Å². The van der Waals surface area contributed by atoms with Crippen molar-refractivity contribution in [1.29, 1.82) is 0 Å². The van der Waals surface area contributed by atoms with Crippen LogP contribution in [0.3, 0.4) is 0 Å². The van der Waals surface area contributed by atoms with Crippen LogP contribution in [-0.2, 0) is 4.79 Å². The Morgan fingerprint density at radius 2 is 2.06 bits per heavy atom. The molecule has 2 fully saturated rings. The van der Waals surface area contributed by atoms with Crippen molar-refractivity contribution >= 4 is 5.97 Å². The number of carboxylic acid groups (broad SMARTS) is 1. The Bertz CT molecular complexity index is 264. The minimum Gasteiger partial charge on any atom is -0.481 e. The molecule has 1 aliphatic carbocycles. The van der Waals surface area contributed by atoms with Crippen molar-refractivity contribution in [3.63, 3.8) is 0 Å². The van der Waals surface area contributed by atoms with E-state index in [-0.39, 0.29) is 12.5 Å². The molecule has 98 valence electrons. The number of hydrogen-bond acceptors (Lipinski definition) is 3. The molecule has 2 rings (SSSR count). The zero-order valence-electron chi connectivity index (χ0n) is 10.7. The zero-order valence-corrected chi connectivity index (χ0v) is 10.7. The predicted molar refractivity (Wildman–Crippen MR) is 67.1 cm³/mol. The van der Waals surface area contributed by atoms with Crippen molar-refractivity contribution in [2.45, 2.75) is 63.6 Å². The fourth-order valence-corrected chi connectivity index (χ4v) is 3.24. The third kappa shape index (κ3) is 3.42. The Balaban J connectivity index is 1.99. The third-order valence-corrected chi connectivity index (χ3v) is 4.11. The molecule has 0 bridgehead atoms. The van der Waals surface area contributed by atoms with Crippen molar-refractivity contribution in [2.75, 3.05) is 13.1 Å². The summed E-state index contributed by atoms with van der Waals surface area (Å²) in [5, 5.41) is 12.4. The molecule has 0 aromatic rings. The Hall–Kier alpha value is -0.610. The van der Waals surface area contributed by atoms with Gasteiger partial charge in [0.25, 0.3) is 0 Å². The summed E-state index contributed by atoms with van der Waals surface area (Å²) in [4.78, 5) is 13.4. The van der Waals surface area contributed by atoms with Gasteiger partial charge in [0.05, 0.1) is 6.42 Å². The molecule has 2 unspecified atom stereocenters. The van der Waals surface area contributed by atoms with Gasteiger partial charge in [-0.3, -0.25) is 9.69 Å². The van der Waals surface area contributed by atoms with E-state index in [1.807, 2.05) is 0 Å². The maximum atomic E-state index is 10.9. The van der Waals surface area contributed by atoms with Crippen LogP contribution in [0.25, 0.3) is 0 Å². The molecule has 1 aliphatic heterocycles. The highest BCUT2D eigenvalue weighted by Crippen LogP contribution is 2.26. The molecular formula is C13H24N2O2. The summed E-state index contributed by atoms with van der Waals surface area (Å²) >= 11 is 0. The molecule has 0 amide bonds. The molecular weight excluding hydrogens is 216 g/mol. The van der Waals surface area contributed by atoms with E-state index in [0.717, 1.165) is 13.1 Å². The molecule has 4 heteroatoms. The van der Waals surface area contributed by atoms with E-state index in [1.165, 1.54) is 32.1 Å². The first kappa shape index (κ1) is 12.8. The van der Waals surface area contributed by atoms with Crippen LogP contribution < -0.4 is 5.32 Å². The fraction of sp³-hybridized carbons (Fsp3) is 0.923. The minimum absolute atomic E-state index is 0.187. The van der Waals surface area contributed by atoms with Gasteiger partial charge < -0.3 is 10.4 Å². The SMILES string of the molecule is CC1CN(C2CCCCC2)C(CC(=O)O)CN1. The van der Waals surface area contributed by atoms with E-state index in [1.54, 1.807) is 0 Å². The highest BCUT2D eigenvalue weighted by molar-refractivity contribution is 5.67. The average Bonchev–Trinajstić information content (AvgIpc) is 2.32. The lowest BCUT2D eigenvalue weighted by molar-refractivity contribution is -0.139. The van der Waals surface area contributed by atoms with Gasteiger partial charge in [0.2, 0.25) is 0 Å². The van der Waals surface area contributed by atoms with E-state index in [2.05, 4.69) is 17.1 Å². The third-order valence-electron chi connectivity index (χ3n) is 4.11. The van der Waals surface area contributed by atoms with Crippen LogP contribution in [0.4, 0.5) is 0 Å². The molecule has 2 aliphatic rings. The summed E-state index contributed by atoms with van der Waals surface area (Å²) < 4.78 is 0. The fourth-order valence-electron chi connectivity index (χ4n) is 3.24. The number of nitrogens with zero attached hydrogens (tertiary/aromatic N) is 1. The Morgan fingerprint density at radius 1 is 1.35 bits per heavy atom. The lowest BCUT2D eigenvalue weighted by Crippen LogP contribution is -2.59. The number of piperazine rings is 1. The normalized spacial score (nSPS) is 32.5. The van der Waals surface area contributed by atoms with Gasteiger partial charge in [-0.15, -0.1) is 0 Å². The smallest absolute Gasteiger partial charge is 0.304 e. The van der Waals surface area contributed by atoms with Gasteiger partial charge in [-0.1, -0.05) is 19.3 Å². The second-order valence-corrected chi connectivity index (χ2v) is 5.55. The van der Waals surface area contributed by atoms with Crippen LogP contribution in [0.1, 0.15) is 45.4 Å². The molecule has 0 aromatic carbocycles. The summed E-state index contributed by atoms with van der Waals surface area (Å²) in [5.41, 5.74) is 0. The van der Waals surface area contributed by atoms with Gasteiger partial charge in [0.1, 0.15) is 0 Å². The summed E-state index contributed by atoms with van der Waals surface area (Å²) in [5.74, 6) is -0.674. The van der Waals surface area contributed by atoms with Crippen LogP contribution in [0, 0.1) is 0 Å². The van der Waals surface area contributed by atoms with Crippen LogP contribution in [-0.4, -0.2) is 47.2 Å². The standard InChI is InChI=1S/C13H24N2O2/c1-10-9-15(11-5-3-2-4-6-11)12(8-14-10)7-13(16)17/h10-12,14H,2-9H2,1H3,(H,16,17). The lowest BCUT2D eigenvalue weighted by atomic mass is 9.91. The number of hydrogen-bond donors (Lipinski definition) is 2. The molecule has 1 heterocycles. The first-order chi connectivity index (χ1) is 8.16. The number of aliphatic carboxylic acids is 1. The largest absolute Gasteiger partial charge is 0.481 e. The highest BCUT2D eigenvalue weighted by Gasteiger charge is 2.32. The van der Waals surface area contributed by atoms with Crippen LogP contribution in [0.15, 0.2) is 0 Å². The molecule has 0 spiro atoms. The van der Waals surface area contributed by atoms with Crippen LogP contribution >= 0.6 is 0 Å². The maximum absolute atomic E-state index is 10.9. The minimum atomic E-state index is -0.674. The molecule has 1 saturated heterocycles.